The normalized spacial score (nSPS) is 14.8. The summed E-state index contributed by atoms with van der Waals surface area (Å²) in [6.45, 7) is 7.14. The van der Waals surface area contributed by atoms with Gasteiger partial charge < -0.3 is 14.8 Å². The van der Waals surface area contributed by atoms with E-state index in [0.717, 1.165) is 17.8 Å². The van der Waals surface area contributed by atoms with Gasteiger partial charge in [0.05, 0.1) is 18.3 Å². The third kappa shape index (κ3) is 6.06. The third-order valence-electron chi connectivity index (χ3n) is 4.91. The molecule has 0 bridgehead atoms. The molecule has 0 saturated heterocycles. The number of hydrogen-bond acceptors (Lipinski definition) is 6. The zero-order chi connectivity index (χ0) is 20.7. The lowest BCUT2D eigenvalue weighted by molar-refractivity contribution is -0.116. The van der Waals surface area contributed by atoms with Gasteiger partial charge in [-0.25, -0.2) is 9.59 Å². The third-order valence-corrected chi connectivity index (χ3v) is 6.10. The van der Waals surface area contributed by atoms with E-state index in [-0.39, 0.29) is 24.2 Å². The summed E-state index contributed by atoms with van der Waals surface area (Å²) in [5.41, 5.74) is 0.727. The largest absolute Gasteiger partial charge is 0.462 e. The second-order valence-electron chi connectivity index (χ2n) is 7.53. The molecule has 0 aromatic carbocycles. The molecule has 1 amide bonds. The summed E-state index contributed by atoms with van der Waals surface area (Å²) in [6.07, 6.45) is 7.14. The summed E-state index contributed by atoms with van der Waals surface area (Å²) in [5, 5.41) is 3.19. The fraction of sp³-hybridized carbons (Fsp3) is 0.667. The molecular weight excluding hydrogens is 378 g/mol. The van der Waals surface area contributed by atoms with Crippen LogP contribution in [-0.4, -0.2) is 30.6 Å². The molecule has 1 N–H and O–H groups in total. The topological polar surface area (TPSA) is 81.7 Å². The van der Waals surface area contributed by atoms with Crippen molar-refractivity contribution in [3.8, 4) is 0 Å². The van der Waals surface area contributed by atoms with E-state index < -0.39 is 11.9 Å². The van der Waals surface area contributed by atoms with Gasteiger partial charge in [0.25, 0.3) is 0 Å². The van der Waals surface area contributed by atoms with Crippen LogP contribution >= 0.6 is 11.3 Å². The number of thiophene rings is 1. The van der Waals surface area contributed by atoms with Crippen LogP contribution in [0.2, 0.25) is 0 Å². The lowest BCUT2D eigenvalue weighted by Crippen LogP contribution is -2.16. The van der Waals surface area contributed by atoms with Crippen LogP contribution in [0.5, 0.6) is 0 Å². The molecule has 1 saturated carbocycles. The number of esters is 2. The van der Waals surface area contributed by atoms with Crippen LogP contribution in [0.25, 0.3) is 0 Å². The van der Waals surface area contributed by atoms with Crippen molar-refractivity contribution in [3.05, 3.63) is 16.0 Å². The predicted octanol–water partition coefficient (Wildman–Crippen LogP) is 5.10. The highest BCUT2D eigenvalue weighted by Gasteiger charge is 2.28. The van der Waals surface area contributed by atoms with Gasteiger partial charge in [-0.05, 0) is 45.6 Å². The first kappa shape index (κ1) is 22.4. The van der Waals surface area contributed by atoms with Crippen LogP contribution in [0.1, 0.15) is 91.3 Å². The van der Waals surface area contributed by atoms with E-state index >= 15 is 0 Å². The number of hydrogen-bond donors (Lipinski definition) is 1. The molecule has 1 aromatic heterocycles. The molecular formula is C21H31NO5S. The smallest absolute Gasteiger partial charge is 0.348 e. The molecule has 156 valence electrons. The van der Waals surface area contributed by atoms with Crippen LogP contribution in [0.4, 0.5) is 5.00 Å². The summed E-state index contributed by atoms with van der Waals surface area (Å²) in [7, 11) is 0. The molecule has 1 aliphatic rings. The fourth-order valence-electron chi connectivity index (χ4n) is 3.51. The van der Waals surface area contributed by atoms with Gasteiger partial charge in [-0.15, -0.1) is 11.3 Å². The Morgan fingerprint density at radius 1 is 1.14 bits per heavy atom. The van der Waals surface area contributed by atoms with Crippen LogP contribution in [-0.2, 0) is 14.3 Å². The Morgan fingerprint density at radius 2 is 1.82 bits per heavy atom. The van der Waals surface area contributed by atoms with Gasteiger partial charge in [0.15, 0.2) is 0 Å². The molecule has 7 heteroatoms. The van der Waals surface area contributed by atoms with Gasteiger partial charge in [-0.3, -0.25) is 4.79 Å². The van der Waals surface area contributed by atoms with E-state index in [9.17, 15) is 14.4 Å². The molecule has 0 aliphatic heterocycles. The molecule has 0 radical (unpaired) electrons. The molecule has 6 nitrogen and oxygen atoms in total. The van der Waals surface area contributed by atoms with E-state index in [4.69, 9.17) is 9.47 Å². The van der Waals surface area contributed by atoms with Crippen LogP contribution < -0.4 is 5.32 Å². The van der Waals surface area contributed by atoms with Gasteiger partial charge in [-0.2, -0.15) is 0 Å². The second kappa shape index (κ2) is 10.6. The Morgan fingerprint density at radius 3 is 2.43 bits per heavy atom. The molecule has 1 heterocycles. The van der Waals surface area contributed by atoms with Crippen molar-refractivity contribution in [2.24, 2.45) is 5.92 Å². The Labute approximate surface area is 171 Å². The molecule has 0 unspecified atom stereocenters. The Kier molecular flexibility index (Phi) is 8.48. The lowest BCUT2D eigenvalue weighted by Gasteiger charge is -2.20. The van der Waals surface area contributed by atoms with Gasteiger partial charge in [0.2, 0.25) is 5.91 Å². The number of ether oxygens (including phenoxy) is 2. The number of nitrogens with one attached hydrogen (secondary N) is 1. The Bertz CT molecular complexity index is 704. The highest BCUT2D eigenvalue weighted by atomic mass is 32.1. The molecule has 1 fully saturated rings. The molecule has 1 aliphatic carbocycles. The van der Waals surface area contributed by atoms with Crippen molar-refractivity contribution < 1.29 is 23.9 Å². The zero-order valence-electron chi connectivity index (χ0n) is 17.3. The maximum atomic E-state index is 12.5. The summed E-state index contributed by atoms with van der Waals surface area (Å²) in [6, 6.07) is 0. The quantitative estimate of drug-likeness (QED) is 0.604. The second-order valence-corrected chi connectivity index (χ2v) is 8.55. The van der Waals surface area contributed by atoms with Crippen molar-refractivity contribution in [3.63, 3.8) is 0 Å². The van der Waals surface area contributed by atoms with Crippen molar-refractivity contribution in [1.82, 2.24) is 0 Å². The van der Waals surface area contributed by atoms with Gasteiger partial charge in [0.1, 0.15) is 9.88 Å². The first-order chi connectivity index (χ1) is 13.3. The van der Waals surface area contributed by atoms with E-state index in [0.29, 0.717) is 27.8 Å². The van der Waals surface area contributed by atoms with Gasteiger partial charge in [-0.1, -0.05) is 32.1 Å². The predicted molar refractivity (Wildman–Crippen MR) is 110 cm³/mol. The molecule has 2 rings (SSSR count). The highest BCUT2D eigenvalue weighted by Crippen LogP contribution is 2.35. The van der Waals surface area contributed by atoms with Gasteiger partial charge >= 0.3 is 11.9 Å². The summed E-state index contributed by atoms with van der Waals surface area (Å²) >= 11 is 1.07. The standard InChI is InChI=1S/C21H31NO5S/c1-5-26-20(24)17-14(4)18(21(25)27-13(2)3)28-19(17)22-16(23)12-11-15-9-7-6-8-10-15/h13,15H,5-12H2,1-4H3,(H,22,23). The van der Waals surface area contributed by atoms with Crippen LogP contribution in [0.3, 0.4) is 0 Å². The summed E-state index contributed by atoms with van der Waals surface area (Å²) in [5.74, 6) is -0.569. The van der Waals surface area contributed by atoms with E-state index in [2.05, 4.69) is 5.32 Å². The van der Waals surface area contributed by atoms with Crippen molar-refractivity contribution >= 4 is 34.2 Å². The van der Waals surface area contributed by atoms with Crippen LogP contribution in [0.15, 0.2) is 0 Å². The average Bonchev–Trinajstić information content (AvgIpc) is 2.96. The molecule has 0 spiro atoms. The maximum absolute atomic E-state index is 12.5. The Hall–Kier alpha value is -1.89. The highest BCUT2D eigenvalue weighted by molar-refractivity contribution is 7.18. The van der Waals surface area contributed by atoms with Crippen molar-refractivity contribution in [2.45, 2.75) is 78.7 Å². The molecule has 28 heavy (non-hydrogen) atoms. The lowest BCUT2D eigenvalue weighted by atomic mass is 9.86. The molecule has 1 aromatic rings. The zero-order valence-corrected chi connectivity index (χ0v) is 18.1. The fourth-order valence-corrected chi connectivity index (χ4v) is 4.61. The average molecular weight is 410 g/mol. The summed E-state index contributed by atoms with van der Waals surface area (Å²) < 4.78 is 10.4. The minimum atomic E-state index is -0.539. The molecule has 0 atom stereocenters. The Balaban J connectivity index is 2.14. The minimum Gasteiger partial charge on any atom is -0.462 e. The minimum absolute atomic E-state index is 0.138. The number of anilines is 1. The maximum Gasteiger partial charge on any atom is 0.348 e. The SMILES string of the molecule is CCOC(=O)c1c(NC(=O)CCC2CCCCC2)sc(C(=O)OC(C)C)c1C. The van der Waals surface area contributed by atoms with Crippen molar-refractivity contribution in [1.29, 1.82) is 0 Å². The van der Waals surface area contributed by atoms with Crippen LogP contribution in [0, 0.1) is 12.8 Å². The monoisotopic (exact) mass is 409 g/mol. The first-order valence-electron chi connectivity index (χ1n) is 10.1. The van der Waals surface area contributed by atoms with E-state index in [1.165, 1.54) is 32.1 Å². The van der Waals surface area contributed by atoms with Crippen molar-refractivity contribution in [2.75, 3.05) is 11.9 Å². The first-order valence-corrected chi connectivity index (χ1v) is 11.0. The number of carbonyl (C=O) groups excluding carboxylic acids is 3. The van der Waals surface area contributed by atoms with Gasteiger partial charge in [0, 0.05) is 6.42 Å². The number of amides is 1. The van der Waals surface area contributed by atoms with E-state index in [1.807, 2.05) is 0 Å². The van der Waals surface area contributed by atoms with E-state index in [1.54, 1.807) is 27.7 Å². The summed E-state index contributed by atoms with van der Waals surface area (Å²) in [4.78, 5) is 37.6. The number of rotatable bonds is 8. The number of carbonyl (C=O) groups is 3.